The monoisotopic (exact) mass is 374 g/mol. The fourth-order valence-corrected chi connectivity index (χ4v) is 4.10. The minimum atomic E-state index is -0.453. The number of pyridine rings is 1. The van der Waals surface area contributed by atoms with Crippen LogP contribution in [0.5, 0.6) is 0 Å². The summed E-state index contributed by atoms with van der Waals surface area (Å²) in [6.45, 7) is 14.3. The van der Waals surface area contributed by atoms with E-state index in [1.807, 2.05) is 33.0 Å². The lowest BCUT2D eigenvalue weighted by Crippen LogP contribution is -2.50. The largest absolute Gasteiger partial charge is 0.444 e. The summed E-state index contributed by atoms with van der Waals surface area (Å²) in [5.41, 5.74) is 0.875. The Balaban J connectivity index is 1.69. The van der Waals surface area contributed by atoms with Crippen LogP contribution in [0.2, 0.25) is 0 Å². The zero-order chi connectivity index (χ0) is 19.6. The molecule has 2 aliphatic rings. The Morgan fingerprint density at radius 1 is 1.19 bits per heavy atom. The van der Waals surface area contributed by atoms with Crippen LogP contribution in [0.3, 0.4) is 0 Å². The summed E-state index contributed by atoms with van der Waals surface area (Å²) in [6, 6.07) is 5.26. The molecule has 0 bridgehead atoms. The van der Waals surface area contributed by atoms with Crippen molar-refractivity contribution in [3.05, 3.63) is 23.9 Å². The Morgan fingerprint density at radius 3 is 2.52 bits per heavy atom. The van der Waals surface area contributed by atoms with Crippen LogP contribution >= 0.6 is 0 Å². The molecule has 6 nitrogen and oxygen atoms in total. The standard InChI is InChI=1S/C21H34N4O2/c1-16(2)25-11-7-9-18(25)17-8-6-10-22-19(17)23-12-14-24(15-13-23)20(26)27-21(3,4)5/h6,8,10,16,18H,7,9,11-15H2,1-5H3/t18-/m1/s1. The maximum Gasteiger partial charge on any atom is 0.410 e. The second kappa shape index (κ2) is 8.05. The molecule has 0 N–H and O–H groups in total. The van der Waals surface area contributed by atoms with Crippen LogP contribution in [0, 0.1) is 0 Å². The average molecular weight is 375 g/mol. The highest BCUT2D eigenvalue weighted by molar-refractivity contribution is 5.68. The number of aromatic nitrogens is 1. The van der Waals surface area contributed by atoms with Gasteiger partial charge in [-0.1, -0.05) is 6.07 Å². The van der Waals surface area contributed by atoms with Gasteiger partial charge in [0.25, 0.3) is 0 Å². The number of rotatable bonds is 3. The molecule has 0 spiro atoms. The van der Waals surface area contributed by atoms with Gasteiger partial charge in [0.15, 0.2) is 0 Å². The highest BCUT2D eigenvalue weighted by Gasteiger charge is 2.32. The predicted molar refractivity (Wildman–Crippen MR) is 108 cm³/mol. The van der Waals surface area contributed by atoms with E-state index >= 15 is 0 Å². The zero-order valence-corrected chi connectivity index (χ0v) is 17.4. The molecule has 1 atom stereocenters. The fraction of sp³-hybridized carbons (Fsp3) is 0.714. The van der Waals surface area contributed by atoms with Gasteiger partial charge in [-0.3, -0.25) is 4.90 Å². The van der Waals surface area contributed by atoms with E-state index in [4.69, 9.17) is 9.72 Å². The first-order valence-corrected chi connectivity index (χ1v) is 10.2. The summed E-state index contributed by atoms with van der Waals surface area (Å²) in [4.78, 5) is 23.8. The molecule has 1 aromatic rings. The lowest BCUT2D eigenvalue weighted by molar-refractivity contribution is 0.0240. The molecule has 3 heterocycles. The minimum absolute atomic E-state index is 0.217. The molecule has 3 rings (SSSR count). The third-order valence-electron chi connectivity index (χ3n) is 5.36. The van der Waals surface area contributed by atoms with E-state index in [1.165, 1.54) is 18.4 Å². The smallest absolute Gasteiger partial charge is 0.410 e. The first-order chi connectivity index (χ1) is 12.8. The van der Waals surface area contributed by atoms with Gasteiger partial charge in [0.1, 0.15) is 11.4 Å². The van der Waals surface area contributed by atoms with Crippen molar-refractivity contribution < 1.29 is 9.53 Å². The van der Waals surface area contributed by atoms with Crippen LogP contribution in [0.1, 0.15) is 59.1 Å². The van der Waals surface area contributed by atoms with Crippen LogP contribution in [0.25, 0.3) is 0 Å². The quantitative estimate of drug-likeness (QED) is 0.808. The van der Waals surface area contributed by atoms with Gasteiger partial charge in [-0.2, -0.15) is 0 Å². The van der Waals surface area contributed by atoms with Crippen molar-refractivity contribution in [3.63, 3.8) is 0 Å². The van der Waals surface area contributed by atoms with Crippen LogP contribution in [-0.2, 0) is 4.74 Å². The summed E-state index contributed by atoms with van der Waals surface area (Å²) in [6.07, 6.45) is 4.09. The third-order valence-corrected chi connectivity index (χ3v) is 5.36. The van der Waals surface area contributed by atoms with E-state index in [0.717, 1.165) is 25.5 Å². The van der Waals surface area contributed by atoms with Gasteiger partial charge in [0.2, 0.25) is 0 Å². The van der Waals surface area contributed by atoms with E-state index < -0.39 is 5.60 Å². The van der Waals surface area contributed by atoms with Gasteiger partial charge in [-0.05, 0) is 60.1 Å². The predicted octanol–water partition coefficient (Wildman–Crippen LogP) is 3.68. The number of carbonyl (C=O) groups excluding carboxylic acids is 1. The number of amides is 1. The molecule has 0 unspecified atom stereocenters. The van der Waals surface area contributed by atoms with Gasteiger partial charge in [0.05, 0.1) is 0 Å². The lowest BCUT2D eigenvalue weighted by atomic mass is 10.0. The van der Waals surface area contributed by atoms with Gasteiger partial charge < -0.3 is 14.5 Å². The highest BCUT2D eigenvalue weighted by atomic mass is 16.6. The van der Waals surface area contributed by atoms with E-state index in [1.54, 1.807) is 4.90 Å². The van der Waals surface area contributed by atoms with Gasteiger partial charge >= 0.3 is 6.09 Å². The van der Waals surface area contributed by atoms with E-state index in [9.17, 15) is 4.79 Å². The molecule has 2 fully saturated rings. The Labute approximate surface area is 163 Å². The van der Waals surface area contributed by atoms with Gasteiger partial charge in [0, 0.05) is 50.0 Å². The molecule has 0 aromatic carbocycles. The molecule has 6 heteroatoms. The number of hydrogen-bond acceptors (Lipinski definition) is 5. The van der Waals surface area contributed by atoms with Gasteiger partial charge in [-0.25, -0.2) is 9.78 Å². The topological polar surface area (TPSA) is 48.9 Å². The number of carbonyl (C=O) groups is 1. The second-order valence-electron chi connectivity index (χ2n) is 8.86. The van der Waals surface area contributed by atoms with Crippen LogP contribution in [0.15, 0.2) is 18.3 Å². The van der Waals surface area contributed by atoms with E-state index in [2.05, 4.69) is 29.7 Å². The average Bonchev–Trinajstić information content (AvgIpc) is 3.10. The Morgan fingerprint density at radius 2 is 1.89 bits per heavy atom. The molecular weight excluding hydrogens is 340 g/mol. The minimum Gasteiger partial charge on any atom is -0.444 e. The maximum absolute atomic E-state index is 12.3. The number of piperazine rings is 1. The number of nitrogens with zero attached hydrogens (tertiary/aromatic N) is 4. The molecule has 0 saturated carbocycles. The van der Waals surface area contributed by atoms with Crippen molar-refractivity contribution in [2.45, 2.75) is 65.1 Å². The van der Waals surface area contributed by atoms with Crippen molar-refractivity contribution in [1.29, 1.82) is 0 Å². The number of anilines is 1. The summed E-state index contributed by atoms with van der Waals surface area (Å²) < 4.78 is 5.51. The summed E-state index contributed by atoms with van der Waals surface area (Å²) >= 11 is 0. The lowest BCUT2D eigenvalue weighted by Gasteiger charge is -2.38. The summed E-state index contributed by atoms with van der Waals surface area (Å²) in [7, 11) is 0. The molecule has 0 radical (unpaired) electrons. The molecule has 2 aliphatic heterocycles. The number of hydrogen-bond donors (Lipinski definition) is 0. The highest BCUT2D eigenvalue weighted by Crippen LogP contribution is 2.37. The van der Waals surface area contributed by atoms with Crippen molar-refractivity contribution in [3.8, 4) is 0 Å². The molecule has 150 valence electrons. The Bertz CT molecular complexity index is 648. The molecule has 1 amide bonds. The van der Waals surface area contributed by atoms with Crippen LogP contribution in [0.4, 0.5) is 10.6 Å². The number of ether oxygens (including phenoxy) is 1. The Hall–Kier alpha value is -1.82. The first kappa shape index (κ1) is 19.9. The van der Waals surface area contributed by atoms with Crippen molar-refractivity contribution >= 4 is 11.9 Å². The normalized spacial score (nSPS) is 21.8. The Kier molecular flexibility index (Phi) is 5.94. The van der Waals surface area contributed by atoms with Crippen molar-refractivity contribution in [2.75, 3.05) is 37.6 Å². The molecule has 1 aromatic heterocycles. The number of likely N-dealkylation sites (tertiary alicyclic amines) is 1. The summed E-state index contributed by atoms with van der Waals surface area (Å²) in [5.74, 6) is 1.08. The van der Waals surface area contributed by atoms with Crippen LogP contribution < -0.4 is 4.90 Å². The maximum atomic E-state index is 12.3. The molecular formula is C21H34N4O2. The molecule has 2 saturated heterocycles. The van der Waals surface area contributed by atoms with Crippen LogP contribution in [-0.4, -0.2) is 65.2 Å². The SMILES string of the molecule is CC(C)N1CCC[C@@H]1c1cccnc1N1CCN(C(=O)OC(C)(C)C)CC1. The first-order valence-electron chi connectivity index (χ1n) is 10.2. The van der Waals surface area contributed by atoms with Crippen molar-refractivity contribution in [2.24, 2.45) is 0 Å². The van der Waals surface area contributed by atoms with E-state index in [-0.39, 0.29) is 6.09 Å². The molecule has 27 heavy (non-hydrogen) atoms. The molecule has 0 aliphatic carbocycles. The fourth-order valence-electron chi connectivity index (χ4n) is 4.10. The van der Waals surface area contributed by atoms with Gasteiger partial charge in [-0.15, -0.1) is 0 Å². The zero-order valence-electron chi connectivity index (χ0n) is 17.4. The second-order valence-corrected chi connectivity index (χ2v) is 8.86. The summed E-state index contributed by atoms with van der Waals surface area (Å²) in [5, 5.41) is 0. The van der Waals surface area contributed by atoms with E-state index in [0.29, 0.717) is 25.2 Å². The third kappa shape index (κ3) is 4.72. The van der Waals surface area contributed by atoms with Crippen molar-refractivity contribution in [1.82, 2.24) is 14.8 Å².